The summed E-state index contributed by atoms with van der Waals surface area (Å²) >= 11 is 3.61. The maximum absolute atomic E-state index is 5.77. The molecule has 0 aliphatic carbocycles. The van der Waals surface area contributed by atoms with Gasteiger partial charge in [0.15, 0.2) is 11.5 Å². The van der Waals surface area contributed by atoms with E-state index in [0.717, 1.165) is 42.0 Å². The molecule has 1 fully saturated rings. The first kappa shape index (κ1) is 19.0. The normalized spacial score (nSPS) is 16.2. The second-order valence-corrected chi connectivity index (χ2v) is 7.08. The van der Waals surface area contributed by atoms with Gasteiger partial charge in [0.25, 0.3) is 0 Å². The molecule has 1 N–H and O–H groups in total. The number of piperazine rings is 1. The van der Waals surface area contributed by atoms with Crippen molar-refractivity contribution in [2.45, 2.75) is 6.04 Å². The summed E-state index contributed by atoms with van der Waals surface area (Å²) in [4.78, 5) is 2.47. The second-order valence-electron chi connectivity index (χ2n) is 6.17. The number of hydrogen-bond donors (Lipinski definition) is 1. The van der Waals surface area contributed by atoms with E-state index in [1.54, 1.807) is 21.3 Å². The molecule has 1 aliphatic heterocycles. The van der Waals surface area contributed by atoms with Gasteiger partial charge in [-0.25, -0.2) is 0 Å². The molecule has 1 saturated heterocycles. The fourth-order valence-corrected chi connectivity index (χ4v) is 3.96. The van der Waals surface area contributed by atoms with Crippen LogP contribution in [-0.2, 0) is 0 Å². The molecule has 0 saturated carbocycles. The molecule has 0 aromatic heterocycles. The van der Waals surface area contributed by atoms with E-state index in [2.05, 4.69) is 50.4 Å². The van der Waals surface area contributed by atoms with Crippen LogP contribution in [0.5, 0.6) is 17.2 Å². The number of rotatable bonds is 6. The Kier molecular flexibility index (Phi) is 6.40. The van der Waals surface area contributed by atoms with Crippen LogP contribution in [0.15, 0.2) is 40.9 Å². The van der Waals surface area contributed by atoms with E-state index in [1.165, 1.54) is 5.56 Å². The molecule has 0 bridgehead atoms. The molecule has 0 amide bonds. The molecule has 26 heavy (non-hydrogen) atoms. The highest BCUT2D eigenvalue weighted by Gasteiger charge is 2.29. The number of nitrogens with zero attached hydrogens (tertiary/aromatic N) is 1. The van der Waals surface area contributed by atoms with Crippen LogP contribution < -0.4 is 19.5 Å². The Balaban J connectivity index is 2.15. The molecule has 140 valence electrons. The van der Waals surface area contributed by atoms with Crippen LogP contribution in [0.3, 0.4) is 0 Å². The zero-order chi connectivity index (χ0) is 18.5. The minimum Gasteiger partial charge on any atom is -0.493 e. The lowest BCUT2D eigenvalue weighted by Crippen LogP contribution is -2.45. The summed E-state index contributed by atoms with van der Waals surface area (Å²) < 4.78 is 17.9. The third kappa shape index (κ3) is 3.82. The van der Waals surface area contributed by atoms with Crippen molar-refractivity contribution < 1.29 is 14.2 Å². The average Bonchev–Trinajstić information content (AvgIpc) is 2.68. The Bertz CT molecular complexity index is 748. The monoisotopic (exact) mass is 420 g/mol. The van der Waals surface area contributed by atoms with Crippen LogP contribution >= 0.6 is 15.9 Å². The Morgan fingerprint density at radius 1 is 0.962 bits per heavy atom. The highest BCUT2D eigenvalue weighted by atomic mass is 79.9. The molecule has 1 atom stereocenters. The predicted octanol–water partition coefficient (Wildman–Crippen LogP) is 3.47. The van der Waals surface area contributed by atoms with Crippen molar-refractivity contribution in [3.8, 4) is 17.2 Å². The van der Waals surface area contributed by atoms with E-state index in [-0.39, 0.29) is 6.04 Å². The lowest BCUT2D eigenvalue weighted by Gasteiger charge is -2.36. The standard InChI is InChI=1S/C20H25BrN2O3/c1-24-17-8-7-16(19(25-2)20(17)26-3)18(23-11-9-22-10-12-23)14-5-4-6-15(21)13-14/h4-8,13,18,22H,9-12H2,1-3H3. The van der Waals surface area contributed by atoms with E-state index in [1.807, 2.05) is 12.1 Å². The molecule has 1 heterocycles. The minimum absolute atomic E-state index is 0.0735. The molecule has 0 spiro atoms. The maximum atomic E-state index is 5.77. The Labute approximate surface area is 163 Å². The highest BCUT2D eigenvalue weighted by molar-refractivity contribution is 9.10. The fraction of sp³-hybridized carbons (Fsp3) is 0.400. The van der Waals surface area contributed by atoms with Gasteiger partial charge in [-0.05, 0) is 29.8 Å². The first-order valence-electron chi connectivity index (χ1n) is 8.68. The summed E-state index contributed by atoms with van der Waals surface area (Å²) in [7, 11) is 4.96. The number of methoxy groups -OCH3 is 3. The largest absolute Gasteiger partial charge is 0.493 e. The molecule has 0 radical (unpaired) electrons. The van der Waals surface area contributed by atoms with Crippen molar-refractivity contribution in [3.05, 3.63) is 52.0 Å². The van der Waals surface area contributed by atoms with Crippen molar-refractivity contribution >= 4 is 15.9 Å². The van der Waals surface area contributed by atoms with Crippen molar-refractivity contribution in [2.75, 3.05) is 47.5 Å². The van der Waals surface area contributed by atoms with E-state index in [4.69, 9.17) is 14.2 Å². The summed E-state index contributed by atoms with van der Waals surface area (Å²) in [6.07, 6.45) is 0. The van der Waals surface area contributed by atoms with Gasteiger partial charge in [0.05, 0.1) is 27.4 Å². The smallest absolute Gasteiger partial charge is 0.203 e. The van der Waals surface area contributed by atoms with Crippen molar-refractivity contribution in [2.24, 2.45) is 0 Å². The second kappa shape index (κ2) is 8.75. The van der Waals surface area contributed by atoms with Crippen molar-refractivity contribution in [3.63, 3.8) is 0 Å². The molecule has 2 aromatic rings. The van der Waals surface area contributed by atoms with Crippen LogP contribution in [0.25, 0.3) is 0 Å². The van der Waals surface area contributed by atoms with Gasteiger partial charge in [-0.15, -0.1) is 0 Å². The molecule has 1 aliphatic rings. The summed E-state index contributed by atoms with van der Waals surface area (Å²) in [6.45, 7) is 3.88. The minimum atomic E-state index is 0.0735. The first-order chi connectivity index (χ1) is 12.7. The lowest BCUT2D eigenvalue weighted by molar-refractivity contribution is 0.194. The molecule has 2 aromatic carbocycles. The first-order valence-corrected chi connectivity index (χ1v) is 9.48. The van der Waals surface area contributed by atoms with E-state index < -0.39 is 0 Å². The molecular formula is C20H25BrN2O3. The predicted molar refractivity (Wildman–Crippen MR) is 107 cm³/mol. The third-order valence-electron chi connectivity index (χ3n) is 4.71. The van der Waals surface area contributed by atoms with Crippen molar-refractivity contribution in [1.29, 1.82) is 0 Å². The van der Waals surface area contributed by atoms with Gasteiger partial charge in [-0.2, -0.15) is 0 Å². The van der Waals surface area contributed by atoms with Crippen LogP contribution in [0.4, 0.5) is 0 Å². The highest BCUT2D eigenvalue weighted by Crippen LogP contribution is 2.45. The topological polar surface area (TPSA) is 43.0 Å². The van der Waals surface area contributed by atoms with Gasteiger partial charge >= 0.3 is 0 Å². The third-order valence-corrected chi connectivity index (χ3v) is 5.20. The van der Waals surface area contributed by atoms with E-state index in [9.17, 15) is 0 Å². The van der Waals surface area contributed by atoms with Crippen LogP contribution in [0, 0.1) is 0 Å². The fourth-order valence-electron chi connectivity index (χ4n) is 3.54. The molecular weight excluding hydrogens is 396 g/mol. The Morgan fingerprint density at radius 3 is 2.31 bits per heavy atom. The zero-order valence-corrected chi connectivity index (χ0v) is 17.0. The van der Waals surface area contributed by atoms with Crippen molar-refractivity contribution in [1.82, 2.24) is 10.2 Å². The average molecular weight is 421 g/mol. The quantitative estimate of drug-likeness (QED) is 0.774. The van der Waals surface area contributed by atoms with E-state index >= 15 is 0 Å². The summed E-state index contributed by atoms with van der Waals surface area (Å²) in [5, 5.41) is 3.43. The summed E-state index contributed by atoms with van der Waals surface area (Å²) in [6, 6.07) is 12.5. The Hall–Kier alpha value is -1.76. The maximum Gasteiger partial charge on any atom is 0.203 e. The number of ether oxygens (including phenoxy) is 3. The van der Waals surface area contributed by atoms with Gasteiger partial charge in [0, 0.05) is 36.2 Å². The molecule has 1 unspecified atom stereocenters. The van der Waals surface area contributed by atoms with Gasteiger partial charge in [0.2, 0.25) is 5.75 Å². The lowest BCUT2D eigenvalue weighted by atomic mass is 9.95. The number of benzene rings is 2. The van der Waals surface area contributed by atoms with Crippen LogP contribution in [0.1, 0.15) is 17.2 Å². The zero-order valence-electron chi connectivity index (χ0n) is 15.4. The molecule has 5 nitrogen and oxygen atoms in total. The number of nitrogens with one attached hydrogen (secondary N) is 1. The van der Waals surface area contributed by atoms with E-state index in [0.29, 0.717) is 11.5 Å². The van der Waals surface area contributed by atoms with Gasteiger partial charge in [-0.3, -0.25) is 4.90 Å². The summed E-state index contributed by atoms with van der Waals surface area (Å²) in [5.41, 5.74) is 2.29. The molecule has 6 heteroatoms. The van der Waals surface area contributed by atoms with Gasteiger partial charge < -0.3 is 19.5 Å². The number of hydrogen-bond acceptors (Lipinski definition) is 5. The SMILES string of the molecule is COc1ccc(C(c2cccc(Br)c2)N2CCNCC2)c(OC)c1OC. The Morgan fingerprint density at radius 2 is 1.69 bits per heavy atom. The van der Waals surface area contributed by atoms with Crippen LogP contribution in [-0.4, -0.2) is 52.4 Å². The van der Waals surface area contributed by atoms with Gasteiger partial charge in [-0.1, -0.05) is 28.1 Å². The number of halogens is 1. The van der Waals surface area contributed by atoms with Crippen LogP contribution in [0.2, 0.25) is 0 Å². The molecule has 3 rings (SSSR count). The van der Waals surface area contributed by atoms with Gasteiger partial charge in [0.1, 0.15) is 0 Å². The summed E-state index contributed by atoms with van der Waals surface area (Å²) in [5.74, 6) is 2.01.